The molecule has 0 atom stereocenters. The van der Waals surface area contributed by atoms with E-state index in [1.165, 1.54) is 6.07 Å². The van der Waals surface area contributed by atoms with Gasteiger partial charge in [-0.1, -0.05) is 0 Å². The normalized spacial score (nSPS) is 10.1. The monoisotopic (exact) mass is 283 g/mol. The van der Waals surface area contributed by atoms with Gasteiger partial charge < -0.3 is 21.1 Å². The number of nitrogen functional groups attached to an aromatic ring is 1. The molecule has 0 aliphatic carbocycles. The first kappa shape index (κ1) is 15.9. The van der Waals surface area contributed by atoms with Gasteiger partial charge in [0.2, 0.25) is 5.91 Å². The van der Waals surface area contributed by atoms with E-state index < -0.39 is 11.7 Å². The molecule has 1 aromatic carbocycles. The van der Waals surface area contributed by atoms with Crippen molar-refractivity contribution in [3.8, 4) is 0 Å². The predicted octanol–water partition coefficient (Wildman–Crippen LogP) is 0.290. The van der Waals surface area contributed by atoms with Gasteiger partial charge in [-0.3, -0.25) is 9.59 Å². The standard InChI is InChI=1S/C13H18FN3O3/c1-20-7-6-16-12(18)4-5-17-13(19)10-3-2-9(14)8-11(10)15/h2-3,8H,4-7,15H2,1H3,(H,16,18)(H,17,19). The minimum Gasteiger partial charge on any atom is -0.398 e. The highest BCUT2D eigenvalue weighted by molar-refractivity contribution is 5.99. The van der Waals surface area contributed by atoms with Crippen LogP contribution in [0.3, 0.4) is 0 Å². The highest BCUT2D eigenvalue weighted by Gasteiger charge is 2.10. The number of halogens is 1. The van der Waals surface area contributed by atoms with Gasteiger partial charge in [-0.2, -0.15) is 0 Å². The molecule has 2 amide bonds. The lowest BCUT2D eigenvalue weighted by Crippen LogP contribution is -2.32. The van der Waals surface area contributed by atoms with E-state index in [2.05, 4.69) is 10.6 Å². The summed E-state index contributed by atoms with van der Waals surface area (Å²) >= 11 is 0. The third-order valence-corrected chi connectivity index (χ3v) is 2.52. The molecule has 0 heterocycles. The first-order chi connectivity index (χ1) is 9.54. The highest BCUT2D eigenvalue weighted by Crippen LogP contribution is 2.12. The molecular weight excluding hydrogens is 265 g/mol. The van der Waals surface area contributed by atoms with Gasteiger partial charge in [0.15, 0.2) is 0 Å². The maximum absolute atomic E-state index is 12.8. The van der Waals surface area contributed by atoms with Crippen molar-refractivity contribution in [1.29, 1.82) is 0 Å². The molecule has 0 spiro atoms. The Morgan fingerprint density at radius 2 is 2.05 bits per heavy atom. The SMILES string of the molecule is COCCNC(=O)CCNC(=O)c1ccc(F)cc1N. The van der Waals surface area contributed by atoms with Gasteiger partial charge in [-0.25, -0.2) is 4.39 Å². The lowest BCUT2D eigenvalue weighted by atomic mass is 10.1. The topological polar surface area (TPSA) is 93.5 Å². The van der Waals surface area contributed by atoms with Gasteiger partial charge in [-0.05, 0) is 18.2 Å². The smallest absolute Gasteiger partial charge is 0.253 e. The molecule has 0 unspecified atom stereocenters. The Labute approximate surface area is 116 Å². The summed E-state index contributed by atoms with van der Waals surface area (Å²) in [5.74, 6) is -1.13. The third-order valence-electron chi connectivity index (χ3n) is 2.52. The Balaban J connectivity index is 2.34. The molecule has 4 N–H and O–H groups in total. The van der Waals surface area contributed by atoms with Crippen molar-refractivity contribution >= 4 is 17.5 Å². The van der Waals surface area contributed by atoms with Gasteiger partial charge in [0.05, 0.1) is 12.2 Å². The first-order valence-electron chi connectivity index (χ1n) is 6.13. The minimum absolute atomic E-state index is 0.0621. The van der Waals surface area contributed by atoms with Crippen molar-refractivity contribution in [2.45, 2.75) is 6.42 Å². The molecular formula is C13H18FN3O3. The van der Waals surface area contributed by atoms with E-state index in [0.29, 0.717) is 13.2 Å². The number of carbonyl (C=O) groups is 2. The van der Waals surface area contributed by atoms with Gasteiger partial charge >= 0.3 is 0 Å². The van der Waals surface area contributed by atoms with E-state index in [4.69, 9.17) is 10.5 Å². The third kappa shape index (κ3) is 5.23. The summed E-state index contributed by atoms with van der Waals surface area (Å²) in [5.41, 5.74) is 5.79. The van der Waals surface area contributed by atoms with Crippen LogP contribution in [0.4, 0.5) is 10.1 Å². The summed E-state index contributed by atoms with van der Waals surface area (Å²) in [6.07, 6.45) is 0.149. The summed E-state index contributed by atoms with van der Waals surface area (Å²) in [4.78, 5) is 23.1. The quantitative estimate of drug-likeness (QED) is 0.495. The molecule has 20 heavy (non-hydrogen) atoms. The zero-order valence-electron chi connectivity index (χ0n) is 11.2. The van der Waals surface area contributed by atoms with E-state index in [-0.39, 0.29) is 30.1 Å². The number of benzene rings is 1. The van der Waals surface area contributed by atoms with Gasteiger partial charge in [0.25, 0.3) is 5.91 Å². The maximum atomic E-state index is 12.8. The summed E-state index contributed by atoms with van der Waals surface area (Å²) in [6.45, 7) is 1.03. The summed E-state index contributed by atoms with van der Waals surface area (Å²) < 4.78 is 17.6. The van der Waals surface area contributed by atoms with Crippen LogP contribution in [-0.2, 0) is 9.53 Å². The molecule has 0 fully saturated rings. The van der Waals surface area contributed by atoms with Crippen LogP contribution in [0.1, 0.15) is 16.8 Å². The second-order valence-electron chi connectivity index (χ2n) is 4.08. The zero-order chi connectivity index (χ0) is 15.0. The Morgan fingerprint density at radius 3 is 2.70 bits per heavy atom. The number of anilines is 1. The number of amides is 2. The van der Waals surface area contributed by atoms with Crippen molar-refractivity contribution in [2.75, 3.05) is 32.5 Å². The number of hydrogen-bond donors (Lipinski definition) is 3. The molecule has 0 saturated heterocycles. The van der Waals surface area contributed by atoms with E-state index in [1.54, 1.807) is 7.11 Å². The average Bonchev–Trinajstić information content (AvgIpc) is 2.38. The summed E-state index contributed by atoms with van der Waals surface area (Å²) in [6, 6.07) is 3.54. The number of ether oxygens (including phenoxy) is 1. The van der Waals surface area contributed by atoms with Crippen molar-refractivity contribution in [3.05, 3.63) is 29.6 Å². The average molecular weight is 283 g/mol. The van der Waals surface area contributed by atoms with Gasteiger partial charge in [-0.15, -0.1) is 0 Å². The molecule has 0 radical (unpaired) electrons. The van der Waals surface area contributed by atoms with E-state index in [0.717, 1.165) is 12.1 Å². The molecule has 0 bridgehead atoms. The largest absolute Gasteiger partial charge is 0.398 e. The second kappa shape index (κ2) is 8.11. The van der Waals surface area contributed by atoms with E-state index in [1.807, 2.05) is 0 Å². The molecule has 0 aliphatic rings. The van der Waals surface area contributed by atoms with Crippen LogP contribution in [0.15, 0.2) is 18.2 Å². The molecule has 110 valence electrons. The van der Waals surface area contributed by atoms with Crippen LogP contribution in [0.2, 0.25) is 0 Å². The van der Waals surface area contributed by atoms with E-state index >= 15 is 0 Å². The van der Waals surface area contributed by atoms with Crippen molar-refractivity contribution in [3.63, 3.8) is 0 Å². The zero-order valence-corrected chi connectivity index (χ0v) is 11.2. The number of methoxy groups -OCH3 is 1. The Kier molecular flexibility index (Phi) is 6.45. The molecule has 0 aliphatic heterocycles. The second-order valence-corrected chi connectivity index (χ2v) is 4.08. The fraction of sp³-hybridized carbons (Fsp3) is 0.385. The predicted molar refractivity (Wildman–Crippen MR) is 72.6 cm³/mol. The Hall–Kier alpha value is -2.15. The first-order valence-corrected chi connectivity index (χ1v) is 6.13. The van der Waals surface area contributed by atoms with Crippen molar-refractivity contribution in [1.82, 2.24) is 10.6 Å². The molecule has 1 aromatic rings. The number of nitrogens with one attached hydrogen (secondary N) is 2. The van der Waals surface area contributed by atoms with E-state index in [9.17, 15) is 14.0 Å². The van der Waals surface area contributed by atoms with Crippen LogP contribution in [0.25, 0.3) is 0 Å². The summed E-state index contributed by atoms with van der Waals surface area (Å²) in [5, 5.41) is 5.17. The Morgan fingerprint density at radius 1 is 1.30 bits per heavy atom. The van der Waals surface area contributed by atoms with Crippen LogP contribution in [-0.4, -0.2) is 38.6 Å². The van der Waals surface area contributed by atoms with Crippen molar-refractivity contribution in [2.24, 2.45) is 0 Å². The molecule has 1 rings (SSSR count). The lowest BCUT2D eigenvalue weighted by molar-refractivity contribution is -0.121. The van der Waals surface area contributed by atoms with Crippen LogP contribution in [0.5, 0.6) is 0 Å². The van der Waals surface area contributed by atoms with Crippen LogP contribution in [0, 0.1) is 5.82 Å². The molecule has 0 aromatic heterocycles. The number of carbonyl (C=O) groups excluding carboxylic acids is 2. The van der Waals surface area contributed by atoms with Crippen molar-refractivity contribution < 1.29 is 18.7 Å². The molecule has 0 saturated carbocycles. The van der Waals surface area contributed by atoms with Crippen LogP contribution >= 0.6 is 0 Å². The number of nitrogens with two attached hydrogens (primary N) is 1. The van der Waals surface area contributed by atoms with Gasteiger partial charge in [0.1, 0.15) is 5.82 Å². The Bertz CT molecular complexity index is 480. The van der Waals surface area contributed by atoms with Gasteiger partial charge in [0, 0.05) is 32.3 Å². The fourth-order valence-electron chi connectivity index (χ4n) is 1.51. The highest BCUT2D eigenvalue weighted by atomic mass is 19.1. The maximum Gasteiger partial charge on any atom is 0.253 e. The number of rotatable bonds is 7. The molecule has 7 heteroatoms. The minimum atomic E-state index is -0.503. The summed E-state index contributed by atoms with van der Waals surface area (Å²) in [7, 11) is 1.54. The lowest BCUT2D eigenvalue weighted by Gasteiger charge is -2.08. The fourth-order valence-corrected chi connectivity index (χ4v) is 1.51. The number of hydrogen-bond acceptors (Lipinski definition) is 4. The molecule has 6 nitrogen and oxygen atoms in total. The van der Waals surface area contributed by atoms with Crippen LogP contribution < -0.4 is 16.4 Å².